The number of hydrogen-bond donors (Lipinski definition) is 1. The van der Waals surface area contributed by atoms with E-state index in [0.29, 0.717) is 0 Å². The molecule has 1 amide bonds. The maximum absolute atomic E-state index is 11.7. The molecule has 2 aliphatic heterocycles. The quantitative estimate of drug-likeness (QED) is 0.718. The normalized spacial score (nSPS) is 31.8. The number of ether oxygens (including phenoxy) is 1. The number of fused-ring (bicyclic) bond motifs is 1. The standard InChI is InChI=1S/C11H15NO6S/c1-2-3-18-10(15)12-4-8-5-19(16,17)7-11(8,6-12)9(13)14/h2,8H,1,3-7H2,(H,13,14)/t8-,11-/m0/s1. The number of amides is 1. The number of hydrogen-bond acceptors (Lipinski definition) is 5. The Morgan fingerprint density at radius 3 is 2.74 bits per heavy atom. The van der Waals surface area contributed by atoms with Crippen molar-refractivity contribution in [3.8, 4) is 0 Å². The molecule has 0 aromatic rings. The molecule has 0 saturated carbocycles. The van der Waals surface area contributed by atoms with Crippen molar-refractivity contribution < 1.29 is 27.9 Å². The molecular formula is C11H15NO6S. The second-order valence-corrected chi connectivity index (χ2v) is 7.07. The van der Waals surface area contributed by atoms with E-state index >= 15 is 0 Å². The van der Waals surface area contributed by atoms with Crippen LogP contribution in [-0.4, -0.2) is 61.7 Å². The van der Waals surface area contributed by atoms with Crippen LogP contribution in [0.5, 0.6) is 0 Å². The fraction of sp³-hybridized carbons (Fsp3) is 0.636. The van der Waals surface area contributed by atoms with E-state index in [1.807, 2.05) is 0 Å². The molecule has 2 aliphatic rings. The molecule has 0 spiro atoms. The minimum Gasteiger partial charge on any atom is -0.481 e. The zero-order chi connectivity index (χ0) is 14.3. The first-order valence-electron chi connectivity index (χ1n) is 5.77. The molecule has 0 bridgehead atoms. The highest BCUT2D eigenvalue weighted by Gasteiger charge is 2.61. The lowest BCUT2D eigenvalue weighted by Crippen LogP contribution is -2.40. The zero-order valence-corrected chi connectivity index (χ0v) is 11.1. The topological polar surface area (TPSA) is 101 Å². The zero-order valence-electron chi connectivity index (χ0n) is 10.2. The summed E-state index contributed by atoms with van der Waals surface area (Å²) in [5.74, 6) is -2.33. The second kappa shape index (κ2) is 4.52. The molecule has 2 saturated heterocycles. The number of carbonyl (C=O) groups excluding carboxylic acids is 1. The minimum absolute atomic E-state index is 0.0400. The number of carboxylic acids is 1. The summed E-state index contributed by atoms with van der Waals surface area (Å²) < 4.78 is 28.0. The van der Waals surface area contributed by atoms with Gasteiger partial charge in [0.05, 0.1) is 11.5 Å². The third kappa shape index (κ3) is 2.32. The van der Waals surface area contributed by atoms with Gasteiger partial charge in [-0.05, 0) is 0 Å². The maximum atomic E-state index is 11.7. The van der Waals surface area contributed by atoms with Gasteiger partial charge in [0.2, 0.25) is 0 Å². The van der Waals surface area contributed by atoms with Crippen LogP contribution in [0.25, 0.3) is 0 Å². The summed E-state index contributed by atoms with van der Waals surface area (Å²) in [6.07, 6.45) is 0.777. The third-order valence-corrected chi connectivity index (χ3v) is 5.50. The lowest BCUT2D eigenvalue weighted by molar-refractivity contribution is -0.148. The summed E-state index contributed by atoms with van der Waals surface area (Å²) in [6, 6.07) is 0. The van der Waals surface area contributed by atoms with Crippen LogP contribution in [0.1, 0.15) is 0 Å². The van der Waals surface area contributed by atoms with Crippen molar-refractivity contribution in [2.24, 2.45) is 11.3 Å². The van der Waals surface area contributed by atoms with Crippen LogP contribution in [0, 0.1) is 11.3 Å². The van der Waals surface area contributed by atoms with Gasteiger partial charge in [-0.2, -0.15) is 0 Å². The molecule has 1 N–H and O–H groups in total. The van der Waals surface area contributed by atoms with Crippen LogP contribution in [-0.2, 0) is 19.4 Å². The number of likely N-dealkylation sites (tertiary alicyclic amines) is 1. The van der Waals surface area contributed by atoms with Crippen LogP contribution in [0.3, 0.4) is 0 Å². The van der Waals surface area contributed by atoms with E-state index in [1.165, 1.54) is 11.0 Å². The van der Waals surface area contributed by atoms with Crippen molar-refractivity contribution in [3.63, 3.8) is 0 Å². The minimum atomic E-state index is -3.35. The number of nitrogens with zero attached hydrogens (tertiary/aromatic N) is 1. The van der Waals surface area contributed by atoms with Gasteiger partial charge < -0.3 is 14.7 Å². The molecule has 2 fully saturated rings. The van der Waals surface area contributed by atoms with E-state index in [0.717, 1.165) is 0 Å². The average Bonchev–Trinajstić information content (AvgIpc) is 2.75. The van der Waals surface area contributed by atoms with E-state index in [-0.39, 0.29) is 25.4 Å². The number of carboxylic acid groups (broad SMARTS) is 1. The monoisotopic (exact) mass is 289 g/mol. The molecule has 0 unspecified atom stereocenters. The van der Waals surface area contributed by atoms with Gasteiger partial charge in [0.15, 0.2) is 9.84 Å². The number of rotatable bonds is 3. The summed E-state index contributed by atoms with van der Waals surface area (Å²) in [4.78, 5) is 24.4. The summed E-state index contributed by atoms with van der Waals surface area (Å²) in [6.45, 7) is 3.42. The molecule has 19 heavy (non-hydrogen) atoms. The van der Waals surface area contributed by atoms with Gasteiger partial charge in [-0.1, -0.05) is 12.7 Å². The van der Waals surface area contributed by atoms with Crippen molar-refractivity contribution >= 4 is 21.9 Å². The predicted molar refractivity (Wildman–Crippen MR) is 65.3 cm³/mol. The Morgan fingerprint density at radius 1 is 1.53 bits per heavy atom. The van der Waals surface area contributed by atoms with Gasteiger partial charge in [0.25, 0.3) is 0 Å². The Bertz CT molecular complexity index is 527. The highest BCUT2D eigenvalue weighted by Crippen LogP contribution is 2.44. The van der Waals surface area contributed by atoms with Crippen molar-refractivity contribution in [2.75, 3.05) is 31.2 Å². The first-order valence-corrected chi connectivity index (χ1v) is 7.59. The molecule has 2 atom stereocenters. The highest BCUT2D eigenvalue weighted by atomic mass is 32.2. The van der Waals surface area contributed by atoms with Gasteiger partial charge >= 0.3 is 12.1 Å². The Balaban J connectivity index is 2.17. The van der Waals surface area contributed by atoms with Gasteiger partial charge in [0.1, 0.15) is 12.0 Å². The molecular weight excluding hydrogens is 274 g/mol. The number of aliphatic carboxylic acids is 1. The van der Waals surface area contributed by atoms with Crippen molar-refractivity contribution in [1.29, 1.82) is 0 Å². The van der Waals surface area contributed by atoms with E-state index in [2.05, 4.69) is 6.58 Å². The van der Waals surface area contributed by atoms with Gasteiger partial charge in [-0.3, -0.25) is 4.79 Å². The molecule has 7 nitrogen and oxygen atoms in total. The molecule has 0 aromatic heterocycles. The van der Waals surface area contributed by atoms with Crippen molar-refractivity contribution in [2.45, 2.75) is 0 Å². The Morgan fingerprint density at radius 2 is 2.21 bits per heavy atom. The first-order chi connectivity index (χ1) is 8.81. The molecule has 0 aromatic carbocycles. The van der Waals surface area contributed by atoms with Gasteiger partial charge in [-0.15, -0.1) is 0 Å². The molecule has 2 heterocycles. The fourth-order valence-corrected chi connectivity index (χ4v) is 5.16. The van der Waals surface area contributed by atoms with Crippen LogP contribution < -0.4 is 0 Å². The Labute approximate surface area is 110 Å². The van der Waals surface area contributed by atoms with Crippen molar-refractivity contribution in [3.05, 3.63) is 12.7 Å². The van der Waals surface area contributed by atoms with Crippen LogP contribution in [0.4, 0.5) is 4.79 Å². The summed E-state index contributed by atoms with van der Waals surface area (Å²) in [7, 11) is -3.35. The number of carbonyl (C=O) groups is 2. The molecule has 0 radical (unpaired) electrons. The van der Waals surface area contributed by atoms with Crippen LogP contribution in [0.2, 0.25) is 0 Å². The summed E-state index contributed by atoms with van der Waals surface area (Å²) in [5, 5.41) is 9.32. The summed E-state index contributed by atoms with van der Waals surface area (Å²) >= 11 is 0. The Hall–Kier alpha value is -1.57. The lowest BCUT2D eigenvalue weighted by Gasteiger charge is -2.21. The van der Waals surface area contributed by atoms with E-state index in [9.17, 15) is 23.1 Å². The van der Waals surface area contributed by atoms with Crippen molar-refractivity contribution in [1.82, 2.24) is 4.90 Å². The Kier molecular flexibility index (Phi) is 3.29. The maximum Gasteiger partial charge on any atom is 0.410 e. The summed E-state index contributed by atoms with van der Waals surface area (Å²) in [5.41, 5.74) is -1.38. The van der Waals surface area contributed by atoms with E-state index in [4.69, 9.17) is 4.74 Å². The molecule has 106 valence electrons. The highest BCUT2D eigenvalue weighted by molar-refractivity contribution is 7.91. The van der Waals surface area contributed by atoms with E-state index in [1.54, 1.807) is 0 Å². The number of sulfone groups is 1. The lowest BCUT2D eigenvalue weighted by atomic mass is 9.81. The molecule has 0 aliphatic carbocycles. The smallest absolute Gasteiger partial charge is 0.410 e. The fourth-order valence-electron chi connectivity index (χ4n) is 2.77. The average molecular weight is 289 g/mol. The third-order valence-electron chi connectivity index (χ3n) is 3.64. The first kappa shape index (κ1) is 13.9. The van der Waals surface area contributed by atoms with E-state index < -0.39 is 39.0 Å². The van der Waals surface area contributed by atoms with Gasteiger partial charge in [-0.25, -0.2) is 13.2 Å². The van der Waals surface area contributed by atoms with Crippen LogP contribution in [0.15, 0.2) is 12.7 Å². The van der Waals surface area contributed by atoms with Gasteiger partial charge in [0, 0.05) is 19.0 Å². The second-order valence-electron chi connectivity index (χ2n) is 4.96. The SMILES string of the molecule is C=CCOC(=O)N1C[C@H]2CS(=O)(=O)C[C@@]2(C(=O)O)C1. The molecule has 2 rings (SSSR count). The van der Waals surface area contributed by atoms with Crippen LogP contribution >= 0.6 is 0 Å². The molecule has 8 heteroatoms. The largest absolute Gasteiger partial charge is 0.481 e. The predicted octanol–water partition coefficient (Wildman–Crippen LogP) is -0.260.